The summed E-state index contributed by atoms with van der Waals surface area (Å²) >= 11 is 0. The van der Waals surface area contributed by atoms with Crippen molar-refractivity contribution in [1.82, 2.24) is 4.98 Å². The second-order valence-electron chi connectivity index (χ2n) is 7.85. The van der Waals surface area contributed by atoms with E-state index in [4.69, 9.17) is 4.74 Å². The number of piperidine rings is 1. The van der Waals surface area contributed by atoms with Gasteiger partial charge in [-0.1, -0.05) is 25.0 Å². The lowest BCUT2D eigenvalue weighted by atomic mass is 9.98. The molecule has 1 aliphatic carbocycles. The first-order valence-corrected chi connectivity index (χ1v) is 10.2. The first-order valence-electron chi connectivity index (χ1n) is 10.2. The summed E-state index contributed by atoms with van der Waals surface area (Å²) in [7, 11) is 0. The largest absolute Gasteiger partial charge is 0.487 e. The lowest BCUT2D eigenvalue weighted by Gasteiger charge is -2.30. The van der Waals surface area contributed by atoms with Crippen LogP contribution in [0.2, 0.25) is 0 Å². The Morgan fingerprint density at radius 3 is 2.46 bits per heavy atom. The predicted molar refractivity (Wildman–Crippen MR) is 107 cm³/mol. The van der Waals surface area contributed by atoms with E-state index in [-0.39, 0.29) is 0 Å². The van der Waals surface area contributed by atoms with Gasteiger partial charge in [0, 0.05) is 25.0 Å². The standard InChI is InChI=1S/C23H30N2O/c1-18-16-24-21(15-23(18)25-13-5-2-6-14-25)17-26-22-11-9-20(10-12-22)19-7-3-4-8-19/h9-12,15-16,19H,2-8,13-14,17H2,1H3. The van der Waals surface area contributed by atoms with Crippen molar-refractivity contribution in [3.8, 4) is 5.75 Å². The number of hydrogen-bond donors (Lipinski definition) is 0. The van der Waals surface area contributed by atoms with Gasteiger partial charge in [-0.2, -0.15) is 0 Å². The van der Waals surface area contributed by atoms with E-state index in [2.05, 4.69) is 47.1 Å². The maximum atomic E-state index is 6.01. The van der Waals surface area contributed by atoms with Crippen LogP contribution >= 0.6 is 0 Å². The van der Waals surface area contributed by atoms with E-state index in [1.54, 1.807) is 0 Å². The van der Waals surface area contributed by atoms with Crippen LogP contribution in [0.1, 0.15) is 67.7 Å². The van der Waals surface area contributed by atoms with Crippen molar-refractivity contribution in [3.05, 3.63) is 53.3 Å². The summed E-state index contributed by atoms with van der Waals surface area (Å²) in [6.45, 7) is 5.01. The van der Waals surface area contributed by atoms with E-state index in [1.807, 2.05) is 6.20 Å². The van der Waals surface area contributed by atoms with Gasteiger partial charge in [0.1, 0.15) is 12.4 Å². The summed E-state index contributed by atoms with van der Waals surface area (Å²) in [6.07, 6.45) is 11.4. The number of pyridine rings is 1. The Morgan fingerprint density at radius 2 is 1.73 bits per heavy atom. The molecule has 3 nitrogen and oxygen atoms in total. The summed E-state index contributed by atoms with van der Waals surface area (Å²) < 4.78 is 6.01. The third-order valence-corrected chi connectivity index (χ3v) is 5.92. The number of aryl methyl sites for hydroxylation is 1. The molecule has 2 aliphatic rings. The molecule has 1 saturated carbocycles. The molecule has 26 heavy (non-hydrogen) atoms. The zero-order chi connectivity index (χ0) is 17.8. The number of nitrogens with zero attached hydrogens (tertiary/aromatic N) is 2. The average Bonchev–Trinajstić information content (AvgIpc) is 3.23. The molecule has 1 saturated heterocycles. The highest BCUT2D eigenvalue weighted by atomic mass is 16.5. The minimum Gasteiger partial charge on any atom is -0.487 e. The van der Waals surface area contributed by atoms with Crippen molar-refractivity contribution < 1.29 is 4.74 Å². The molecule has 0 radical (unpaired) electrons. The van der Waals surface area contributed by atoms with Crippen LogP contribution in [0.25, 0.3) is 0 Å². The van der Waals surface area contributed by atoms with Gasteiger partial charge in [-0.15, -0.1) is 0 Å². The number of anilines is 1. The second kappa shape index (κ2) is 8.11. The molecule has 0 spiro atoms. The number of ether oxygens (including phenoxy) is 1. The SMILES string of the molecule is Cc1cnc(COc2ccc(C3CCCC3)cc2)cc1N1CCCCC1. The minimum atomic E-state index is 0.532. The molecule has 0 atom stereocenters. The summed E-state index contributed by atoms with van der Waals surface area (Å²) in [5, 5.41) is 0. The molecule has 3 heteroatoms. The van der Waals surface area contributed by atoms with Gasteiger partial charge in [0.25, 0.3) is 0 Å². The fourth-order valence-electron chi connectivity index (χ4n) is 4.36. The zero-order valence-electron chi connectivity index (χ0n) is 15.9. The number of benzene rings is 1. The highest BCUT2D eigenvalue weighted by molar-refractivity contribution is 5.53. The lowest BCUT2D eigenvalue weighted by Crippen LogP contribution is -2.30. The predicted octanol–water partition coefficient (Wildman–Crippen LogP) is 5.62. The quantitative estimate of drug-likeness (QED) is 0.700. The maximum absolute atomic E-state index is 6.01. The first kappa shape index (κ1) is 17.4. The smallest absolute Gasteiger partial charge is 0.130 e. The molecule has 0 bridgehead atoms. The highest BCUT2D eigenvalue weighted by Gasteiger charge is 2.17. The highest BCUT2D eigenvalue weighted by Crippen LogP contribution is 2.34. The van der Waals surface area contributed by atoms with Crippen molar-refractivity contribution in [2.45, 2.75) is 64.4 Å². The number of aromatic nitrogens is 1. The van der Waals surface area contributed by atoms with Gasteiger partial charge in [0.15, 0.2) is 0 Å². The van der Waals surface area contributed by atoms with E-state index in [0.29, 0.717) is 6.61 Å². The van der Waals surface area contributed by atoms with E-state index >= 15 is 0 Å². The fourth-order valence-corrected chi connectivity index (χ4v) is 4.36. The molecule has 2 aromatic rings. The number of rotatable bonds is 5. The van der Waals surface area contributed by atoms with Gasteiger partial charge >= 0.3 is 0 Å². The Hall–Kier alpha value is -2.03. The summed E-state index contributed by atoms with van der Waals surface area (Å²) in [5.41, 5.74) is 5.07. The summed E-state index contributed by atoms with van der Waals surface area (Å²) in [5.74, 6) is 1.70. The Bertz CT molecular complexity index is 713. The van der Waals surface area contributed by atoms with Gasteiger partial charge in [-0.05, 0) is 74.3 Å². The van der Waals surface area contributed by atoms with E-state index in [1.165, 1.54) is 61.8 Å². The topological polar surface area (TPSA) is 25.4 Å². The normalized spacial score (nSPS) is 18.3. The third kappa shape index (κ3) is 4.03. The molecule has 138 valence electrons. The summed E-state index contributed by atoms with van der Waals surface area (Å²) in [6, 6.07) is 10.9. The zero-order valence-corrected chi connectivity index (χ0v) is 15.9. The van der Waals surface area contributed by atoms with Crippen LogP contribution < -0.4 is 9.64 Å². The van der Waals surface area contributed by atoms with E-state index < -0.39 is 0 Å². The number of hydrogen-bond acceptors (Lipinski definition) is 3. The van der Waals surface area contributed by atoms with Gasteiger partial charge < -0.3 is 9.64 Å². The first-order chi connectivity index (χ1) is 12.8. The second-order valence-corrected chi connectivity index (χ2v) is 7.85. The van der Waals surface area contributed by atoms with Crippen LogP contribution in [0, 0.1) is 6.92 Å². The summed E-state index contributed by atoms with van der Waals surface area (Å²) in [4.78, 5) is 7.08. The van der Waals surface area contributed by atoms with Crippen LogP contribution in [-0.2, 0) is 6.61 Å². The molecule has 1 aliphatic heterocycles. The van der Waals surface area contributed by atoms with Crippen molar-refractivity contribution in [2.75, 3.05) is 18.0 Å². The Morgan fingerprint density at radius 1 is 1.00 bits per heavy atom. The molecule has 0 unspecified atom stereocenters. The van der Waals surface area contributed by atoms with Crippen LogP contribution in [0.4, 0.5) is 5.69 Å². The molecule has 0 N–H and O–H groups in total. The van der Waals surface area contributed by atoms with Crippen LogP contribution in [-0.4, -0.2) is 18.1 Å². The molecule has 1 aromatic heterocycles. The van der Waals surface area contributed by atoms with Gasteiger partial charge in [-0.3, -0.25) is 4.98 Å². The fraction of sp³-hybridized carbons (Fsp3) is 0.522. The molecule has 2 heterocycles. The molecule has 1 aromatic carbocycles. The van der Waals surface area contributed by atoms with Crippen molar-refractivity contribution in [2.24, 2.45) is 0 Å². The van der Waals surface area contributed by atoms with E-state index in [9.17, 15) is 0 Å². The van der Waals surface area contributed by atoms with Gasteiger partial charge in [0.2, 0.25) is 0 Å². The van der Waals surface area contributed by atoms with Crippen LogP contribution in [0.15, 0.2) is 36.5 Å². The Labute approximate surface area is 157 Å². The molecule has 2 fully saturated rings. The van der Waals surface area contributed by atoms with Crippen LogP contribution in [0.3, 0.4) is 0 Å². The molecule has 4 rings (SSSR count). The average molecular weight is 351 g/mol. The van der Waals surface area contributed by atoms with E-state index in [0.717, 1.165) is 30.5 Å². The minimum absolute atomic E-state index is 0.532. The molecular formula is C23H30N2O. The monoisotopic (exact) mass is 350 g/mol. The van der Waals surface area contributed by atoms with Crippen LogP contribution in [0.5, 0.6) is 5.75 Å². The Balaban J connectivity index is 1.39. The molecule has 0 amide bonds. The molecular weight excluding hydrogens is 320 g/mol. The van der Waals surface area contributed by atoms with Gasteiger partial charge in [0.05, 0.1) is 5.69 Å². The van der Waals surface area contributed by atoms with Crippen molar-refractivity contribution >= 4 is 5.69 Å². The van der Waals surface area contributed by atoms with Crippen molar-refractivity contribution in [1.29, 1.82) is 0 Å². The maximum Gasteiger partial charge on any atom is 0.130 e. The van der Waals surface area contributed by atoms with Gasteiger partial charge in [-0.25, -0.2) is 0 Å². The Kier molecular flexibility index (Phi) is 5.42. The van der Waals surface area contributed by atoms with Crippen molar-refractivity contribution in [3.63, 3.8) is 0 Å². The third-order valence-electron chi connectivity index (χ3n) is 5.92. The lowest BCUT2D eigenvalue weighted by molar-refractivity contribution is 0.301.